The number of methoxy groups -OCH3 is 2. The molecule has 0 aliphatic carbocycles. The molecule has 7 heteroatoms. The van der Waals surface area contributed by atoms with Crippen molar-refractivity contribution < 1.29 is 27.4 Å². The average molecular weight is 353 g/mol. The molecule has 2 aromatic rings. The molecular formula is C18H18F3NO3. The smallest absolute Gasteiger partial charge is 0.416 e. The first kappa shape index (κ1) is 18.6. The first-order valence-electron chi connectivity index (χ1n) is 7.34. The topological polar surface area (TPSA) is 38.8 Å². The maximum atomic E-state index is 13.1. The molecule has 4 nitrogen and oxygen atoms in total. The Kier molecular flexibility index (Phi) is 5.25. The molecule has 1 amide bonds. The van der Waals surface area contributed by atoms with Crippen molar-refractivity contribution in [2.24, 2.45) is 0 Å². The summed E-state index contributed by atoms with van der Waals surface area (Å²) in [6.07, 6.45) is -4.51. The third-order valence-corrected chi connectivity index (χ3v) is 3.68. The van der Waals surface area contributed by atoms with Gasteiger partial charge in [-0.05, 0) is 41.5 Å². The Bertz CT molecular complexity index is 786. The second kappa shape index (κ2) is 7.04. The van der Waals surface area contributed by atoms with Crippen molar-refractivity contribution in [3.05, 3.63) is 47.5 Å². The molecule has 25 heavy (non-hydrogen) atoms. The first-order valence-corrected chi connectivity index (χ1v) is 7.34. The Hall–Kier alpha value is -2.70. The van der Waals surface area contributed by atoms with Gasteiger partial charge in [-0.1, -0.05) is 6.07 Å². The van der Waals surface area contributed by atoms with Crippen LogP contribution in [0.25, 0.3) is 11.1 Å². The molecule has 0 radical (unpaired) electrons. The zero-order valence-corrected chi connectivity index (χ0v) is 14.3. The van der Waals surface area contributed by atoms with E-state index in [1.165, 1.54) is 25.2 Å². The summed E-state index contributed by atoms with van der Waals surface area (Å²) in [6, 6.07) is 7.78. The van der Waals surface area contributed by atoms with Gasteiger partial charge >= 0.3 is 6.18 Å². The zero-order valence-electron chi connectivity index (χ0n) is 14.3. The van der Waals surface area contributed by atoms with Crippen LogP contribution in [-0.4, -0.2) is 39.1 Å². The SMILES string of the molecule is COc1ccc(-c2cc(C(F)(F)F)ccc2C(=O)N(C)C)cc1OC. The fourth-order valence-electron chi connectivity index (χ4n) is 2.39. The molecule has 0 unspecified atom stereocenters. The van der Waals surface area contributed by atoms with E-state index < -0.39 is 17.6 Å². The Morgan fingerprint density at radius 1 is 0.960 bits per heavy atom. The minimum absolute atomic E-state index is 0.171. The van der Waals surface area contributed by atoms with E-state index >= 15 is 0 Å². The monoisotopic (exact) mass is 353 g/mol. The van der Waals surface area contributed by atoms with Crippen molar-refractivity contribution in [3.63, 3.8) is 0 Å². The number of alkyl halides is 3. The molecule has 0 heterocycles. The Labute approximate surface area is 143 Å². The Morgan fingerprint density at radius 2 is 1.60 bits per heavy atom. The van der Waals surface area contributed by atoms with Crippen LogP contribution < -0.4 is 9.47 Å². The Balaban J connectivity index is 2.70. The van der Waals surface area contributed by atoms with Crippen molar-refractivity contribution in [2.45, 2.75) is 6.18 Å². The van der Waals surface area contributed by atoms with Gasteiger partial charge in [0.1, 0.15) is 0 Å². The number of ether oxygens (including phenoxy) is 2. The standard InChI is InChI=1S/C18H18F3NO3/c1-22(2)17(23)13-7-6-12(18(19,20)21)10-14(13)11-5-8-15(24-3)16(9-11)25-4/h5-10H,1-4H3. The lowest BCUT2D eigenvalue weighted by atomic mass is 9.96. The molecule has 0 aromatic heterocycles. The van der Waals surface area contributed by atoms with Gasteiger partial charge in [-0.25, -0.2) is 0 Å². The van der Waals surface area contributed by atoms with E-state index in [0.717, 1.165) is 12.1 Å². The number of carbonyl (C=O) groups excluding carboxylic acids is 1. The lowest BCUT2D eigenvalue weighted by Crippen LogP contribution is -2.22. The molecule has 0 saturated carbocycles. The van der Waals surface area contributed by atoms with Gasteiger partial charge < -0.3 is 14.4 Å². The number of hydrogen-bond donors (Lipinski definition) is 0. The molecule has 0 spiro atoms. The number of benzene rings is 2. The predicted octanol–water partition coefficient (Wildman–Crippen LogP) is 4.09. The molecule has 0 aliphatic heterocycles. The van der Waals surface area contributed by atoms with Crippen LogP contribution in [0.3, 0.4) is 0 Å². The highest BCUT2D eigenvalue weighted by Crippen LogP contribution is 2.37. The van der Waals surface area contributed by atoms with Crippen LogP contribution in [0.4, 0.5) is 13.2 Å². The van der Waals surface area contributed by atoms with E-state index in [-0.39, 0.29) is 11.1 Å². The molecule has 0 fully saturated rings. The first-order chi connectivity index (χ1) is 11.7. The third kappa shape index (κ3) is 3.87. The highest BCUT2D eigenvalue weighted by Gasteiger charge is 2.32. The summed E-state index contributed by atoms with van der Waals surface area (Å²) in [5.41, 5.74) is -0.0544. The number of amides is 1. The van der Waals surface area contributed by atoms with Crippen LogP contribution in [0.1, 0.15) is 15.9 Å². The van der Waals surface area contributed by atoms with Crippen LogP contribution >= 0.6 is 0 Å². The summed E-state index contributed by atoms with van der Waals surface area (Å²) in [5, 5.41) is 0. The lowest BCUT2D eigenvalue weighted by Gasteiger charge is -2.17. The van der Waals surface area contributed by atoms with Gasteiger partial charge in [0.05, 0.1) is 19.8 Å². The fourth-order valence-corrected chi connectivity index (χ4v) is 2.39. The number of carbonyl (C=O) groups is 1. The van der Waals surface area contributed by atoms with Gasteiger partial charge in [0.25, 0.3) is 5.91 Å². The van der Waals surface area contributed by atoms with Gasteiger partial charge in [0.2, 0.25) is 0 Å². The van der Waals surface area contributed by atoms with Gasteiger partial charge in [-0.3, -0.25) is 4.79 Å². The van der Waals surface area contributed by atoms with Crippen molar-refractivity contribution in [2.75, 3.05) is 28.3 Å². The molecule has 2 aromatic carbocycles. The van der Waals surface area contributed by atoms with Crippen LogP contribution in [0.2, 0.25) is 0 Å². The predicted molar refractivity (Wildman–Crippen MR) is 88.0 cm³/mol. The summed E-state index contributed by atoms with van der Waals surface area (Å²) in [7, 11) is 5.97. The van der Waals surface area contributed by atoms with Crippen LogP contribution in [-0.2, 0) is 6.18 Å². The van der Waals surface area contributed by atoms with E-state index in [1.54, 1.807) is 32.3 Å². The maximum Gasteiger partial charge on any atom is 0.416 e. The summed E-state index contributed by atoms with van der Waals surface area (Å²) < 4.78 is 49.6. The van der Waals surface area contributed by atoms with E-state index in [0.29, 0.717) is 17.1 Å². The second-order valence-corrected chi connectivity index (χ2v) is 5.53. The Morgan fingerprint density at radius 3 is 2.12 bits per heavy atom. The molecule has 0 aliphatic rings. The molecule has 0 N–H and O–H groups in total. The molecule has 0 atom stereocenters. The summed E-state index contributed by atoms with van der Waals surface area (Å²) in [6.45, 7) is 0. The van der Waals surface area contributed by atoms with Gasteiger partial charge in [-0.2, -0.15) is 13.2 Å². The van der Waals surface area contributed by atoms with Gasteiger partial charge in [-0.15, -0.1) is 0 Å². The highest BCUT2D eigenvalue weighted by molar-refractivity contribution is 6.01. The lowest BCUT2D eigenvalue weighted by molar-refractivity contribution is -0.137. The molecule has 134 valence electrons. The normalized spacial score (nSPS) is 11.2. The van der Waals surface area contributed by atoms with Crippen LogP contribution in [0.5, 0.6) is 11.5 Å². The van der Waals surface area contributed by atoms with Crippen molar-refractivity contribution in [3.8, 4) is 22.6 Å². The second-order valence-electron chi connectivity index (χ2n) is 5.53. The van der Waals surface area contributed by atoms with E-state index in [4.69, 9.17) is 9.47 Å². The summed E-state index contributed by atoms with van der Waals surface area (Å²) in [5.74, 6) is 0.415. The molecule has 2 rings (SSSR count). The molecule has 0 bridgehead atoms. The average Bonchev–Trinajstić information content (AvgIpc) is 2.59. The van der Waals surface area contributed by atoms with Gasteiger partial charge in [0.15, 0.2) is 11.5 Å². The highest BCUT2D eigenvalue weighted by atomic mass is 19.4. The van der Waals surface area contributed by atoms with Crippen molar-refractivity contribution in [1.82, 2.24) is 4.90 Å². The number of halogens is 3. The van der Waals surface area contributed by atoms with Gasteiger partial charge in [0, 0.05) is 19.7 Å². The molecule has 0 saturated heterocycles. The number of nitrogens with zero attached hydrogens (tertiary/aromatic N) is 1. The van der Waals surface area contributed by atoms with Crippen LogP contribution in [0, 0.1) is 0 Å². The van der Waals surface area contributed by atoms with E-state index in [1.807, 2.05) is 0 Å². The van der Waals surface area contributed by atoms with Crippen molar-refractivity contribution in [1.29, 1.82) is 0 Å². The number of hydrogen-bond acceptors (Lipinski definition) is 3. The third-order valence-electron chi connectivity index (χ3n) is 3.68. The minimum atomic E-state index is -4.51. The maximum absolute atomic E-state index is 13.1. The largest absolute Gasteiger partial charge is 0.493 e. The van der Waals surface area contributed by atoms with Crippen LogP contribution in [0.15, 0.2) is 36.4 Å². The number of rotatable bonds is 4. The zero-order chi connectivity index (χ0) is 18.8. The quantitative estimate of drug-likeness (QED) is 0.831. The minimum Gasteiger partial charge on any atom is -0.493 e. The van der Waals surface area contributed by atoms with Crippen molar-refractivity contribution >= 4 is 5.91 Å². The fraction of sp³-hybridized carbons (Fsp3) is 0.278. The molecular weight excluding hydrogens is 335 g/mol. The van der Waals surface area contributed by atoms with E-state index in [2.05, 4.69) is 0 Å². The summed E-state index contributed by atoms with van der Waals surface area (Å²) >= 11 is 0. The summed E-state index contributed by atoms with van der Waals surface area (Å²) in [4.78, 5) is 13.7. The van der Waals surface area contributed by atoms with E-state index in [9.17, 15) is 18.0 Å².